The van der Waals surface area contributed by atoms with Crippen LogP contribution >= 0.6 is 0 Å². The molecule has 3 heterocycles. The maximum Gasteiger partial charge on any atom is 0.305 e. The summed E-state index contributed by atoms with van der Waals surface area (Å²) in [5.74, 6) is -0.992. The summed E-state index contributed by atoms with van der Waals surface area (Å²) in [6, 6.07) is 9.59. The van der Waals surface area contributed by atoms with Crippen molar-refractivity contribution in [2.75, 3.05) is 0 Å². The van der Waals surface area contributed by atoms with Crippen LogP contribution in [-0.2, 0) is 11.3 Å². The number of fused-ring (bicyclic) bond motifs is 3. The highest BCUT2D eigenvalue weighted by molar-refractivity contribution is 5.80. The van der Waals surface area contributed by atoms with E-state index in [1.165, 1.54) is 15.4 Å². The van der Waals surface area contributed by atoms with Crippen LogP contribution < -0.4 is 5.56 Å². The number of carboxylic acid groups (broad SMARTS) is 1. The van der Waals surface area contributed by atoms with E-state index in [2.05, 4.69) is 20.3 Å². The molecule has 0 saturated heterocycles. The van der Waals surface area contributed by atoms with Gasteiger partial charge >= 0.3 is 5.97 Å². The van der Waals surface area contributed by atoms with Crippen molar-refractivity contribution < 1.29 is 9.90 Å². The highest BCUT2D eigenvalue weighted by atomic mass is 16.4. The van der Waals surface area contributed by atoms with Crippen molar-refractivity contribution >= 4 is 22.8 Å². The summed E-state index contributed by atoms with van der Waals surface area (Å²) in [5, 5.41) is 21.2. The SMILES string of the molecule is O=C(O)CCn1cnc2c(nnc3c(-c4ccccc4)cnn32)c1=O. The summed E-state index contributed by atoms with van der Waals surface area (Å²) in [6.07, 6.45) is 2.78. The molecule has 1 N–H and O–H groups in total. The molecule has 0 radical (unpaired) electrons. The van der Waals surface area contributed by atoms with Crippen LogP contribution in [0.15, 0.2) is 47.7 Å². The lowest BCUT2D eigenvalue weighted by molar-refractivity contribution is -0.137. The lowest BCUT2D eigenvalue weighted by Crippen LogP contribution is -2.24. The molecule has 0 unspecified atom stereocenters. The number of aromatic nitrogens is 6. The van der Waals surface area contributed by atoms with Gasteiger partial charge < -0.3 is 5.11 Å². The number of aliphatic carboxylic acids is 1. The van der Waals surface area contributed by atoms with Gasteiger partial charge in [-0.05, 0) is 5.56 Å². The van der Waals surface area contributed by atoms with Crippen LogP contribution in [-0.4, -0.2) is 40.4 Å². The highest BCUT2D eigenvalue weighted by Gasteiger charge is 2.15. The van der Waals surface area contributed by atoms with E-state index in [1.807, 2.05) is 30.3 Å². The minimum atomic E-state index is -0.992. The number of nitrogens with zero attached hydrogens (tertiary/aromatic N) is 6. The molecule has 4 aromatic rings. The second-order valence-electron chi connectivity index (χ2n) is 5.42. The Hall–Kier alpha value is -3.62. The van der Waals surface area contributed by atoms with Crippen molar-refractivity contribution in [1.82, 2.24) is 29.4 Å². The normalized spacial score (nSPS) is 11.2. The molecule has 0 fully saturated rings. The number of hydrogen-bond donors (Lipinski definition) is 1. The fourth-order valence-electron chi connectivity index (χ4n) is 2.60. The topological polar surface area (TPSA) is 115 Å². The third-order valence-corrected chi connectivity index (χ3v) is 3.84. The minimum Gasteiger partial charge on any atom is -0.481 e. The number of rotatable bonds is 4. The molecule has 4 rings (SSSR count). The highest BCUT2D eigenvalue weighted by Crippen LogP contribution is 2.23. The summed E-state index contributed by atoms with van der Waals surface area (Å²) >= 11 is 0. The predicted octanol–water partition coefficient (Wildman–Crippen LogP) is 0.976. The van der Waals surface area contributed by atoms with Gasteiger partial charge in [-0.1, -0.05) is 30.3 Å². The smallest absolute Gasteiger partial charge is 0.305 e. The lowest BCUT2D eigenvalue weighted by Gasteiger charge is -2.05. The average molecular weight is 336 g/mol. The quantitative estimate of drug-likeness (QED) is 0.590. The maximum absolute atomic E-state index is 12.4. The monoisotopic (exact) mass is 336 g/mol. The molecule has 0 aliphatic heterocycles. The third kappa shape index (κ3) is 2.51. The zero-order valence-corrected chi connectivity index (χ0v) is 12.9. The van der Waals surface area contributed by atoms with Gasteiger partial charge in [-0.3, -0.25) is 14.2 Å². The molecular formula is C16H12N6O3. The molecule has 0 bridgehead atoms. The number of benzene rings is 1. The van der Waals surface area contributed by atoms with Gasteiger partial charge in [0.15, 0.2) is 16.8 Å². The van der Waals surface area contributed by atoms with Gasteiger partial charge in [0.05, 0.1) is 12.6 Å². The first-order chi connectivity index (χ1) is 12.1. The summed E-state index contributed by atoms with van der Waals surface area (Å²) in [4.78, 5) is 27.4. The van der Waals surface area contributed by atoms with Crippen molar-refractivity contribution in [2.45, 2.75) is 13.0 Å². The van der Waals surface area contributed by atoms with E-state index < -0.39 is 11.5 Å². The van der Waals surface area contributed by atoms with Gasteiger partial charge in [-0.15, -0.1) is 10.2 Å². The Kier molecular flexibility index (Phi) is 3.46. The van der Waals surface area contributed by atoms with Gasteiger partial charge in [-0.25, -0.2) is 4.98 Å². The molecule has 0 saturated carbocycles. The molecule has 0 aliphatic carbocycles. The largest absolute Gasteiger partial charge is 0.481 e. The van der Waals surface area contributed by atoms with Crippen LogP contribution in [0.4, 0.5) is 0 Å². The van der Waals surface area contributed by atoms with Gasteiger partial charge in [0, 0.05) is 12.1 Å². The van der Waals surface area contributed by atoms with E-state index in [1.54, 1.807) is 6.20 Å². The fourth-order valence-corrected chi connectivity index (χ4v) is 2.60. The zero-order chi connectivity index (χ0) is 17.4. The van der Waals surface area contributed by atoms with Crippen LogP contribution in [0.25, 0.3) is 27.9 Å². The molecule has 0 spiro atoms. The molecule has 3 aromatic heterocycles. The molecule has 0 amide bonds. The molecule has 25 heavy (non-hydrogen) atoms. The zero-order valence-electron chi connectivity index (χ0n) is 12.9. The van der Waals surface area contributed by atoms with Crippen LogP contribution in [0.1, 0.15) is 6.42 Å². The molecular weight excluding hydrogens is 324 g/mol. The van der Waals surface area contributed by atoms with Crippen molar-refractivity contribution in [3.63, 3.8) is 0 Å². The van der Waals surface area contributed by atoms with E-state index in [0.717, 1.165) is 11.1 Å². The van der Waals surface area contributed by atoms with E-state index in [4.69, 9.17) is 5.11 Å². The van der Waals surface area contributed by atoms with Gasteiger partial charge in [0.1, 0.15) is 6.33 Å². The van der Waals surface area contributed by atoms with Gasteiger partial charge in [-0.2, -0.15) is 9.61 Å². The van der Waals surface area contributed by atoms with Gasteiger partial charge in [0.25, 0.3) is 5.56 Å². The minimum absolute atomic E-state index is 0.0190. The summed E-state index contributed by atoms with van der Waals surface area (Å²) in [6.45, 7) is 0.0190. The number of aryl methyl sites for hydroxylation is 1. The van der Waals surface area contributed by atoms with Crippen LogP contribution in [0.2, 0.25) is 0 Å². The van der Waals surface area contributed by atoms with E-state index >= 15 is 0 Å². The molecule has 0 aliphatic rings. The Labute approximate surface area is 140 Å². The average Bonchev–Trinajstić information content (AvgIpc) is 3.06. The van der Waals surface area contributed by atoms with E-state index in [-0.39, 0.29) is 24.1 Å². The number of carbonyl (C=O) groups is 1. The molecule has 9 nitrogen and oxygen atoms in total. The van der Waals surface area contributed by atoms with Crippen molar-refractivity contribution in [2.24, 2.45) is 0 Å². The first-order valence-electron chi connectivity index (χ1n) is 7.52. The van der Waals surface area contributed by atoms with E-state index in [9.17, 15) is 9.59 Å². The second kappa shape index (κ2) is 5.78. The standard InChI is InChI=1S/C16H12N6O3/c23-12(24)6-7-21-9-17-15-13(16(21)25)19-20-14-11(8-18-22(14)15)10-4-2-1-3-5-10/h1-5,8-9H,6-7H2,(H,23,24). The number of hydrogen-bond acceptors (Lipinski definition) is 6. The first-order valence-corrected chi connectivity index (χ1v) is 7.52. The second-order valence-corrected chi connectivity index (χ2v) is 5.42. The Balaban J connectivity index is 1.88. The van der Waals surface area contributed by atoms with Crippen molar-refractivity contribution in [1.29, 1.82) is 0 Å². The lowest BCUT2D eigenvalue weighted by atomic mass is 10.1. The molecule has 0 atom stereocenters. The third-order valence-electron chi connectivity index (χ3n) is 3.84. The Bertz CT molecular complexity index is 1150. The van der Waals surface area contributed by atoms with Crippen LogP contribution in [0.5, 0.6) is 0 Å². The summed E-state index contributed by atoms with van der Waals surface area (Å²) in [5.41, 5.74) is 2.09. The fraction of sp³-hybridized carbons (Fsp3) is 0.125. The Morgan fingerprint density at radius 3 is 2.68 bits per heavy atom. The number of carboxylic acids is 1. The Morgan fingerprint density at radius 1 is 1.12 bits per heavy atom. The summed E-state index contributed by atoms with van der Waals surface area (Å²) < 4.78 is 2.67. The maximum atomic E-state index is 12.4. The van der Waals surface area contributed by atoms with Gasteiger partial charge in [0.2, 0.25) is 0 Å². The Morgan fingerprint density at radius 2 is 1.92 bits per heavy atom. The molecule has 9 heteroatoms. The van der Waals surface area contributed by atoms with Crippen molar-refractivity contribution in [3.05, 3.63) is 53.2 Å². The van der Waals surface area contributed by atoms with E-state index in [0.29, 0.717) is 5.65 Å². The van der Waals surface area contributed by atoms with Crippen LogP contribution in [0, 0.1) is 0 Å². The molecule has 124 valence electrons. The summed E-state index contributed by atoms with van der Waals surface area (Å²) in [7, 11) is 0. The predicted molar refractivity (Wildman–Crippen MR) is 88.0 cm³/mol. The van der Waals surface area contributed by atoms with Crippen LogP contribution in [0.3, 0.4) is 0 Å². The van der Waals surface area contributed by atoms with Crippen molar-refractivity contribution in [3.8, 4) is 11.1 Å². The molecule has 1 aromatic carbocycles. The first kappa shape index (κ1) is 14.9.